The van der Waals surface area contributed by atoms with Gasteiger partial charge in [0.2, 0.25) is 5.78 Å². The van der Waals surface area contributed by atoms with Crippen molar-refractivity contribution < 1.29 is 15.0 Å². The van der Waals surface area contributed by atoms with Crippen molar-refractivity contribution in [2.45, 2.75) is 65.0 Å². The summed E-state index contributed by atoms with van der Waals surface area (Å²) in [6.45, 7) is 15.1. The summed E-state index contributed by atoms with van der Waals surface area (Å²) in [6, 6.07) is -0.157. The molecular formula is C32H49N7O4. The Bertz CT molecular complexity index is 1370. The molecule has 2 fully saturated rings. The van der Waals surface area contributed by atoms with Crippen molar-refractivity contribution in [3.8, 4) is 0 Å². The third kappa shape index (κ3) is 6.32. The highest BCUT2D eigenvalue weighted by Crippen LogP contribution is 2.40. The van der Waals surface area contributed by atoms with E-state index in [9.17, 15) is 19.8 Å². The van der Waals surface area contributed by atoms with Crippen LogP contribution in [0.5, 0.6) is 0 Å². The Morgan fingerprint density at radius 1 is 0.884 bits per heavy atom. The first-order valence-electron chi connectivity index (χ1n) is 15.7. The molecule has 2 aliphatic heterocycles. The maximum absolute atomic E-state index is 13.4. The van der Waals surface area contributed by atoms with Crippen LogP contribution in [-0.4, -0.2) is 123 Å². The molecule has 2 saturated heterocycles. The van der Waals surface area contributed by atoms with Gasteiger partial charge in [0.1, 0.15) is 11.5 Å². The predicted octanol–water partition coefficient (Wildman–Crippen LogP) is 2.96. The molecule has 3 heterocycles. The number of hydrogen-bond donors (Lipinski definition) is 3. The molecule has 1 unspecified atom stereocenters. The summed E-state index contributed by atoms with van der Waals surface area (Å²) >= 11 is 0. The van der Waals surface area contributed by atoms with E-state index in [1.54, 1.807) is 19.1 Å². The van der Waals surface area contributed by atoms with E-state index in [1.165, 1.54) is 30.4 Å². The Labute approximate surface area is 254 Å². The number of aromatic amines is 1. The second-order valence-corrected chi connectivity index (χ2v) is 13.3. The highest BCUT2D eigenvalue weighted by molar-refractivity contribution is 6.39. The van der Waals surface area contributed by atoms with Gasteiger partial charge in [0.15, 0.2) is 0 Å². The van der Waals surface area contributed by atoms with Crippen LogP contribution in [0.15, 0.2) is 45.7 Å². The van der Waals surface area contributed by atoms with E-state index < -0.39 is 11.3 Å². The number of rotatable bonds is 10. The summed E-state index contributed by atoms with van der Waals surface area (Å²) in [5.74, 6) is -0.725. The van der Waals surface area contributed by atoms with E-state index in [2.05, 4.69) is 44.1 Å². The lowest BCUT2D eigenvalue weighted by Gasteiger charge is -2.36. The molecule has 0 aromatic carbocycles. The van der Waals surface area contributed by atoms with Crippen molar-refractivity contribution >= 4 is 11.4 Å². The van der Waals surface area contributed by atoms with Gasteiger partial charge in [0.25, 0.3) is 5.56 Å². The Balaban J connectivity index is 1.36. The SMILES string of the molecule is Cc1[nH]n(C(C)(C)C)c(=O)c1C1=C(O)/C(=C2/C=CC(N(CCN(C)N3CCCC3)CCN(C)N3CCCC3)C=C2O)C1=O. The van der Waals surface area contributed by atoms with E-state index in [4.69, 9.17) is 0 Å². The monoisotopic (exact) mass is 595 g/mol. The van der Waals surface area contributed by atoms with Gasteiger partial charge in [-0.3, -0.25) is 19.6 Å². The molecule has 1 atom stereocenters. The molecule has 236 valence electrons. The molecule has 0 bridgehead atoms. The summed E-state index contributed by atoms with van der Waals surface area (Å²) in [7, 11) is 4.29. The topological polar surface area (TPSA) is 112 Å². The number of nitrogens with one attached hydrogen (secondary N) is 1. The molecule has 2 aliphatic carbocycles. The summed E-state index contributed by atoms with van der Waals surface area (Å²) in [5, 5.41) is 34.7. The lowest BCUT2D eigenvalue weighted by molar-refractivity contribution is -0.111. The zero-order valence-corrected chi connectivity index (χ0v) is 26.7. The van der Waals surface area contributed by atoms with Gasteiger partial charge < -0.3 is 10.2 Å². The zero-order chi connectivity index (χ0) is 31.1. The second-order valence-electron chi connectivity index (χ2n) is 13.3. The van der Waals surface area contributed by atoms with Crippen LogP contribution in [0, 0.1) is 6.92 Å². The Morgan fingerprint density at radius 3 is 1.86 bits per heavy atom. The first-order chi connectivity index (χ1) is 20.4. The number of carbonyl (C=O) groups excluding carboxylic acids is 1. The van der Waals surface area contributed by atoms with Crippen molar-refractivity contribution in [2.24, 2.45) is 0 Å². The van der Waals surface area contributed by atoms with Gasteiger partial charge in [0, 0.05) is 77.7 Å². The number of allylic oxidation sites excluding steroid dienone is 3. The van der Waals surface area contributed by atoms with E-state index >= 15 is 0 Å². The maximum atomic E-state index is 13.4. The fourth-order valence-electron chi connectivity index (χ4n) is 6.55. The van der Waals surface area contributed by atoms with Crippen LogP contribution in [0.3, 0.4) is 0 Å². The lowest BCUT2D eigenvalue weighted by atomic mass is 9.79. The first kappa shape index (κ1) is 31.5. The maximum Gasteiger partial charge on any atom is 0.275 e. The normalized spacial score (nSPS) is 23.9. The molecule has 3 N–H and O–H groups in total. The van der Waals surface area contributed by atoms with Crippen molar-refractivity contribution in [1.29, 1.82) is 0 Å². The molecule has 0 spiro atoms. The van der Waals surface area contributed by atoms with Gasteiger partial charge in [0.05, 0.1) is 28.3 Å². The number of aliphatic hydroxyl groups is 2. The number of carbonyl (C=O) groups is 1. The number of hydrazine groups is 2. The van der Waals surface area contributed by atoms with Crippen LogP contribution < -0.4 is 5.56 Å². The van der Waals surface area contributed by atoms with Crippen molar-refractivity contribution in [3.63, 3.8) is 0 Å². The van der Waals surface area contributed by atoms with Crippen LogP contribution in [0.25, 0.3) is 5.57 Å². The largest absolute Gasteiger partial charge is 0.508 e. The van der Waals surface area contributed by atoms with Gasteiger partial charge in [-0.05, 0) is 59.5 Å². The third-order valence-electron chi connectivity index (χ3n) is 9.23. The number of aromatic nitrogens is 2. The fraction of sp³-hybridized carbons (Fsp3) is 0.625. The molecule has 11 heteroatoms. The van der Waals surface area contributed by atoms with Gasteiger partial charge in [-0.1, -0.05) is 12.2 Å². The minimum atomic E-state index is -0.509. The smallest absolute Gasteiger partial charge is 0.275 e. The average Bonchev–Trinajstić information content (AvgIpc) is 3.73. The molecule has 4 aliphatic rings. The third-order valence-corrected chi connectivity index (χ3v) is 9.23. The molecule has 5 rings (SSSR count). The Hall–Kier alpha value is -2.96. The van der Waals surface area contributed by atoms with Crippen LogP contribution in [0.2, 0.25) is 0 Å². The highest BCUT2D eigenvalue weighted by atomic mass is 16.3. The zero-order valence-electron chi connectivity index (χ0n) is 26.7. The minimum absolute atomic E-state index is 0.00380. The van der Waals surface area contributed by atoms with Crippen molar-refractivity contribution in [2.75, 3.05) is 66.5 Å². The molecule has 1 aromatic rings. The summed E-state index contributed by atoms with van der Waals surface area (Å²) < 4.78 is 1.47. The summed E-state index contributed by atoms with van der Waals surface area (Å²) in [4.78, 5) is 28.9. The molecule has 1 aromatic heterocycles. The number of aryl methyl sites for hydroxylation is 1. The number of nitrogens with zero attached hydrogens (tertiary/aromatic N) is 6. The summed E-state index contributed by atoms with van der Waals surface area (Å²) in [5.41, 5.74) is 0.181. The Morgan fingerprint density at radius 2 is 1.42 bits per heavy atom. The van der Waals surface area contributed by atoms with Crippen molar-refractivity contribution in [1.82, 2.24) is 34.7 Å². The van der Waals surface area contributed by atoms with Gasteiger partial charge in [-0.15, -0.1) is 0 Å². The van der Waals surface area contributed by atoms with E-state index in [0.717, 1.165) is 52.4 Å². The quantitative estimate of drug-likeness (QED) is 0.352. The minimum Gasteiger partial charge on any atom is -0.508 e. The molecular weight excluding hydrogens is 546 g/mol. The number of hydrogen-bond acceptors (Lipinski definition) is 9. The standard InChI is InChI=1S/C32H49N7O4/c1-22-26(31(43)39(33-22)32(2,3)4)28-29(41)27(30(28)42)24-12-11-23(21-25(24)40)36(19-17-34(5)37-13-7-8-14-37)20-18-35(6)38-15-9-10-16-38/h11-12,21,23,33,40-41H,7-10,13-20H2,1-6H3/b27-24+. The first-order valence-corrected chi connectivity index (χ1v) is 15.7. The van der Waals surface area contributed by atoms with E-state index in [-0.39, 0.29) is 45.4 Å². The average molecular weight is 596 g/mol. The van der Waals surface area contributed by atoms with E-state index in [1.807, 2.05) is 26.8 Å². The summed E-state index contributed by atoms with van der Waals surface area (Å²) in [6.07, 6.45) is 10.4. The van der Waals surface area contributed by atoms with E-state index in [0.29, 0.717) is 5.69 Å². The van der Waals surface area contributed by atoms with Gasteiger partial charge in [-0.2, -0.15) is 0 Å². The molecule has 11 nitrogen and oxygen atoms in total. The molecule has 43 heavy (non-hydrogen) atoms. The van der Waals surface area contributed by atoms with Crippen LogP contribution in [0.4, 0.5) is 0 Å². The van der Waals surface area contributed by atoms with Crippen LogP contribution in [-0.2, 0) is 10.3 Å². The van der Waals surface area contributed by atoms with Crippen LogP contribution >= 0.6 is 0 Å². The van der Waals surface area contributed by atoms with Gasteiger partial charge in [-0.25, -0.2) is 24.7 Å². The highest BCUT2D eigenvalue weighted by Gasteiger charge is 2.41. The number of H-pyrrole nitrogens is 1. The van der Waals surface area contributed by atoms with Crippen LogP contribution in [0.1, 0.15) is 57.7 Å². The van der Waals surface area contributed by atoms with Gasteiger partial charge >= 0.3 is 0 Å². The number of Topliss-reactive ketones (excluding diaryl/α,β-unsaturated/α-hetero) is 1. The number of aliphatic hydroxyl groups excluding tert-OH is 2. The second kappa shape index (κ2) is 12.6. The molecule has 0 radical (unpaired) electrons. The lowest BCUT2D eigenvalue weighted by Crippen LogP contribution is -2.48. The fourth-order valence-corrected chi connectivity index (χ4v) is 6.55. The Kier molecular flexibility index (Phi) is 9.20. The molecule has 0 saturated carbocycles. The number of likely N-dealkylation sites (N-methyl/N-ethyl adjacent to an activating group) is 2. The molecule has 0 amide bonds. The van der Waals surface area contributed by atoms with Crippen molar-refractivity contribution in [3.05, 3.63) is 62.5 Å². The predicted molar refractivity (Wildman–Crippen MR) is 168 cm³/mol. The number of ketones is 1.